The van der Waals surface area contributed by atoms with E-state index in [0.29, 0.717) is 15.7 Å². The van der Waals surface area contributed by atoms with Crippen molar-refractivity contribution in [1.29, 1.82) is 0 Å². The molecule has 2 unspecified atom stereocenters. The molecule has 6 nitrogen and oxygen atoms in total. The standard InChI is InChI=1S/C11H12ClF3N4O2/c1-21-10(20)19-17-8(6-2-4-7(12)5-3-6)9(16-18-19)11(13,14)15/h2-5,8-9,16-18H,1H3. The third-order valence-electron chi connectivity index (χ3n) is 2.87. The van der Waals surface area contributed by atoms with Gasteiger partial charge in [0.2, 0.25) is 0 Å². The predicted octanol–water partition coefficient (Wildman–Crippen LogP) is 1.91. The third-order valence-corrected chi connectivity index (χ3v) is 3.12. The average Bonchev–Trinajstić information content (AvgIpc) is 2.45. The number of alkyl halides is 3. The second kappa shape index (κ2) is 6.06. The summed E-state index contributed by atoms with van der Waals surface area (Å²) in [6.45, 7) is 0. The molecular formula is C11H12ClF3N4O2. The zero-order chi connectivity index (χ0) is 15.6. The number of nitrogens with one attached hydrogen (secondary N) is 3. The van der Waals surface area contributed by atoms with Crippen LogP contribution in [0.1, 0.15) is 11.6 Å². The fraction of sp³-hybridized carbons (Fsp3) is 0.364. The molecule has 0 bridgehead atoms. The normalized spacial score (nSPS) is 23.0. The zero-order valence-electron chi connectivity index (χ0n) is 10.7. The minimum Gasteiger partial charge on any atom is -0.451 e. The van der Waals surface area contributed by atoms with Gasteiger partial charge in [0, 0.05) is 5.02 Å². The van der Waals surface area contributed by atoms with E-state index in [1.807, 2.05) is 5.43 Å². The van der Waals surface area contributed by atoms with Crippen LogP contribution in [-0.2, 0) is 4.74 Å². The van der Waals surface area contributed by atoms with E-state index >= 15 is 0 Å². The Morgan fingerprint density at radius 2 is 1.95 bits per heavy atom. The molecule has 116 valence electrons. The molecule has 21 heavy (non-hydrogen) atoms. The maximum Gasteiger partial charge on any atom is 0.440 e. The Balaban J connectivity index is 2.28. The van der Waals surface area contributed by atoms with E-state index in [4.69, 9.17) is 11.6 Å². The summed E-state index contributed by atoms with van der Waals surface area (Å²) < 4.78 is 43.6. The molecule has 3 N–H and O–H groups in total. The van der Waals surface area contributed by atoms with Gasteiger partial charge in [0.15, 0.2) is 0 Å². The van der Waals surface area contributed by atoms with Crippen molar-refractivity contribution in [3.8, 4) is 0 Å². The number of hydrogen-bond donors (Lipinski definition) is 3. The molecule has 0 aliphatic carbocycles. The molecule has 1 saturated heterocycles. The Kier molecular flexibility index (Phi) is 4.57. The summed E-state index contributed by atoms with van der Waals surface area (Å²) in [6.07, 6.45) is -5.42. The third kappa shape index (κ3) is 3.56. The van der Waals surface area contributed by atoms with Crippen molar-refractivity contribution < 1.29 is 22.7 Å². The number of hydrogen-bond acceptors (Lipinski definition) is 5. The van der Waals surface area contributed by atoms with E-state index in [-0.39, 0.29) is 0 Å². The Morgan fingerprint density at radius 3 is 2.48 bits per heavy atom. The Labute approximate surface area is 123 Å². The Bertz CT molecular complexity index is 511. The molecule has 1 aliphatic rings. The van der Waals surface area contributed by atoms with Crippen LogP contribution in [-0.4, -0.2) is 30.5 Å². The summed E-state index contributed by atoms with van der Waals surface area (Å²) in [5.74, 6) is 0. The minimum absolute atomic E-state index is 0.310. The van der Waals surface area contributed by atoms with Crippen LogP contribution >= 0.6 is 11.6 Å². The SMILES string of the molecule is COC(=O)N1NNC(C(F)(F)F)C(c2ccc(Cl)cc2)N1. The first-order chi connectivity index (χ1) is 9.82. The first-order valence-electron chi connectivity index (χ1n) is 5.80. The van der Waals surface area contributed by atoms with Crippen molar-refractivity contribution in [3.63, 3.8) is 0 Å². The first kappa shape index (κ1) is 15.8. The van der Waals surface area contributed by atoms with Crippen LogP contribution in [0.25, 0.3) is 0 Å². The van der Waals surface area contributed by atoms with Gasteiger partial charge in [0.05, 0.1) is 13.2 Å². The lowest BCUT2D eigenvalue weighted by molar-refractivity contribution is -0.187. The van der Waals surface area contributed by atoms with Crippen molar-refractivity contribution >= 4 is 17.7 Å². The monoisotopic (exact) mass is 324 g/mol. The van der Waals surface area contributed by atoms with Gasteiger partial charge in [-0.05, 0) is 17.7 Å². The van der Waals surface area contributed by atoms with Crippen molar-refractivity contribution in [3.05, 3.63) is 34.9 Å². The molecule has 0 saturated carbocycles. The van der Waals surface area contributed by atoms with Crippen LogP contribution in [0, 0.1) is 0 Å². The van der Waals surface area contributed by atoms with Crippen LogP contribution in [0.5, 0.6) is 0 Å². The molecule has 2 atom stereocenters. The van der Waals surface area contributed by atoms with Gasteiger partial charge in [-0.1, -0.05) is 23.7 Å². The lowest BCUT2D eigenvalue weighted by atomic mass is 9.99. The second-order valence-corrected chi connectivity index (χ2v) is 4.68. The molecule has 0 spiro atoms. The molecule has 0 aromatic heterocycles. The van der Waals surface area contributed by atoms with E-state index in [1.54, 1.807) is 0 Å². The van der Waals surface area contributed by atoms with Gasteiger partial charge in [-0.2, -0.15) is 18.3 Å². The zero-order valence-corrected chi connectivity index (χ0v) is 11.5. The number of methoxy groups -OCH3 is 1. The highest BCUT2D eigenvalue weighted by Gasteiger charge is 2.48. The summed E-state index contributed by atoms with van der Waals surface area (Å²) in [4.78, 5) is 11.4. The fourth-order valence-corrected chi connectivity index (χ4v) is 1.99. The number of ether oxygens (including phenoxy) is 1. The Morgan fingerprint density at radius 1 is 1.33 bits per heavy atom. The maximum atomic E-state index is 13.1. The summed E-state index contributed by atoms with van der Waals surface area (Å²) in [7, 11) is 1.11. The summed E-state index contributed by atoms with van der Waals surface area (Å²) in [5.41, 5.74) is 6.86. The second-order valence-electron chi connectivity index (χ2n) is 4.24. The number of benzene rings is 1. The number of amides is 1. The largest absolute Gasteiger partial charge is 0.451 e. The van der Waals surface area contributed by atoms with Crippen LogP contribution in [0.15, 0.2) is 24.3 Å². The van der Waals surface area contributed by atoms with E-state index in [0.717, 1.165) is 7.11 Å². The van der Waals surface area contributed by atoms with Gasteiger partial charge in [0.25, 0.3) is 0 Å². The van der Waals surface area contributed by atoms with E-state index in [9.17, 15) is 18.0 Å². The summed E-state index contributed by atoms with van der Waals surface area (Å²) in [6, 6.07) is 2.65. The number of carbonyl (C=O) groups excluding carboxylic acids is 1. The minimum atomic E-state index is -4.54. The number of nitrogens with zero attached hydrogens (tertiary/aromatic N) is 1. The molecule has 1 heterocycles. The van der Waals surface area contributed by atoms with Crippen LogP contribution in [0.4, 0.5) is 18.0 Å². The van der Waals surface area contributed by atoms with Gasteiger partial charge >= 0.3 is 12.3 Å². The smallest absolute Gasteiger partial charge is 0.440 e. The molecule has 1 fully saturated rings. The van der Waals surface area contributed by atoms with Crippen molar-refractivity contribution in [2.24, 2.45) is 0 Å². The highest BCUT2D eigenvalue weighted by atomic mass is 35.5. The highest BCUT2D eigenvalue weighted by Crippen LogP contribution is 2.32. The number of hydrazine groups is 3. The van der Waals surface area contributed by atoms with E-state index < -0.39 is 24.4 Å². The van der Waals surface area contributed by atoms with Gasteiger partial charge in [-0.3, -0.25) is 0 Å². The average molecular weight is 325 g/mol. The van der Waals surface area contributed by atoms with Crippen molar-refractivity contribution in [1.82, 2.24) is 21.5 Å². The lowest BCUT2D eigenvalue weighted by Gasteiger charge is -2.40. The van der Waals surface area contributed by atoms with E-state index in [2.05, 4.69) is 15.7 Å². The van der Waals surface area contributed by atoms with Gasteiger partial charge in [-0.15, -0.1) is 5.53 Å². The molecule has 1 amide bonds. The number of carbonyl (C=O) groups is 1. The van der Waals surface area contributed by atoms with E-state index in [1.165, 1.54) is 24.3 Å². The first-order valence-corrected chi connectivity index (χ1v) is 6.18. The maximum absolute atomic E-state index is 13.1. The number of halogens is 4. The van der Waals surface area contributed by atoms with Gasteiger partial charge in [-0.25, -0.2) is 15.6 Å². The number of rotatable bonds is 1. The molecule has 1 aromatic rings. The summed E-state index contributed by atoms with van der Waals surface area (Å²) >= 11 is 5.72. The lowest BCUT2D eigenvalue weighted by Crippen LogP contribution is -2.71. The quantitative estimate of drug-likeness (QED) is 0.736. The topological polar surface area (TPSA) is 65.6 Å². The summed E-state index contributed by atoms with van der Waals surface area (Å²) in [5, 5.41) is 1.09. The van der Waals surface area contributed by atoms with Crippen molar-refractivity contribution in [2.45, 2.75) is 18.3 Å². The van der Waals surface area contributed by atoms with Gasteiger partial charge in [0.1, 0.15) is 6.04 Å². The molecule has 1 aliphatic heterocycles. The van der Waals surface area contributed by atoms with Crippen LogP contribution in [0.3, 0.4) is 0 Å². The van der Waals surface area contributed by atoms with Crippen LogP contribution in [0.2, 0.25) is 5.02 Å². The Hall–Kier alpha value is -1.55. The molecule has 2 rings (SSSR count). The molecule has 0 radical (unpaired) electrons. The molecular weight excluding hydrogens is 313 g/mol. The van der Waals surface area contributed by atoms with Gasteiger partial charge < -0.3 is 4.74 Å². The van der Waals surface area contributed by atoms with Crippen LogP contribution < -0.4 is 16.4 Å². The van der Waals surface area contributed by atoms with Crippen molar-refractivity contribution in [2.75, 3.05) is 7.11 Å². The highest BCUT2D eigenvalue weighted by molar-refractivity contribution is 6.30. The fourth-order valence-electron chi connectivity index (χ4n) is 1.86. The molecule has 1 aromatic carbocycles. The molecule has 10 heteroatoms. The predicted molar refractivity (Wildman–Crippen MR) is 67.7 cm³/mol.